The highest BCUT2D eigenvalue weighted by atomic mass is 19.1. The molecule has 0 bridgehead atoms. The Kier molecular flexibility index (Phi) is 2.10. The van der Waals surface area contributed by atoms with Gasteiger partial charge in [0.1, 0.15) is 5.82 Å². The minimum Gasteiger partial charge on any atom is -0.312 e. The van der Waals surface area contributed by atoms with Gasteiger partial charge in [0.15, 0.2) is 0 Å². The molecule has 0 radical (unpaired) electrons. The van der Waals surface area contributed by atoms with Gasteiger partial charge in [-0.05, 0) is 11.6 Å². The molecule has 15 heavy (non-hydrogen) atoms. The maximum absolute atomic E-state index is 13.5. The van der Waals surface area contributed by atoms with E-state index in [1.54, 1.807) is 0 Å². The molecule has 1 aromatic rings. The number of hydrogen-bond donors (Lipinski definition) is 0. The smallest absolute Gasteiger partial charge is 0.240 e. The molecule has 0 aromatic heterocycles. The van der Waals surface area contributed by atoms with Crippen LogP contribution in [0.15, 0.2) is 17.1 Å². The third-order valence-corrected chi connectivity index (χ3v) is 2.35. The number of anilines is 1. The summed E-state index contributed by atoms with van der Waals surface area (Å²) in [6, 6.07) is 2.63. The summed E-state index contributed by atoms with van der Waals surface area (Å²) in [5.74, 6) is -0.717. The lowest BCUT2D eigenvalue weighted by Gasteiger charge is -2.10. The predicted octanol–water partition coefficient (Wildman–Crippen LogP) is 1.31. The molecule has 0 aliphatic carbocycles. The van der Waals surface area contributed by atoms with Crippen LogP contribution in [0.25, 0.3) is 0 Å². The first-order valence-electron chi connectivity index (χ1n) is 4.30. The van der Waals surface area contributed by atoms with E-state index in [0.717, 1.165) is 6.07 Å². The maximum atomic E-state index is 13.5. The zero-order valence-electron chi connectivity index (χ0n) is 7.95. The predicted molar refractivity (Wildman–Crippen MR) is 51.3 cm³/mol. The molecule has 1 aliphatic heterocycles. The molecule has 5 heteroatoms. The monoisotopic (exact) mass is 206 g/mol. The average molecular weight is 206 g/mol. The minimum atomic E-state index is -0.546. The fraction of sp³-hybridized carbons (Fsp3) is 0.200. The molecule has 0 atom stereocenters. The summed E-state index contributed by atoms with van der Waals surface area (Å²) in [6.45, 7) is 0. The first-order chi connectivity index (χ1) is 7.13. The molecule has 2 rings (SSSR count). The minimum absolute atomic E-state index is 0.144. The molecule has 0 N–H and O–H groups in total. The Bertz CT molecular complexity index is 492. The standard InChI is InChI=1S/C10H7FN2O2/c1-13-9(15)3-6-2-7(12-5-14)4-8(11)10(6)13/h2,4H,3H2,1H3. The van der Waals surface area contributed by atoms with E-state index in [-0.39, 0.29) is 23.7 Å². The van der Waals surface area contributed by atoms with Crippen molar-refractivity contribution in [2.24, 2.45) is 4.99 Å². The van der Waals surface area contributed by atoms with Crippen molar-refractivity contribution in [3.05, 3.63) is 23.5 Å². The van der Waals surface area contributed by atoms with Gasteiger partial charge in [-0.2, -0.15) is 4.99 Å². The summed E-state index contributed by atoms with van der Waals surface area (Å²) in [4.78, 5) is 25.9. The van der Waals surface area contributed by atoms with E-state index in [0.29, 0.717) is 5.56 Å². The van der Waals surface area contributed by atoms with Gasteiger partial charge >= 0.3 is 0 Å². The van der Waals surface area contributed by atoms with Crippen LogP contribution in [0.4, 0.5) is 15.8 Å². The summed E-state index contributed by atoms with van der Waals surface area (Å²) >= 11 is 0. The number of nitrogens with zero attached hydrogens (tertiary/aromatic N) is 2. The van der Waals surface area contributed by atoms with E-state index in [4.69, 9.17) is 0 Å². The van der Waals surface area contributed by atoms with Crippen molar-refractivity contribution in [2.45, 2.75) is 6.42 Å². The lowest BCUT2D eigenvalue weighted by Crippen LogP contribution is -2.21. The van der Waals surface area contributed by atoms with Crippen molar-refractivity contribution < 1.29 is 14.0 Å². The molecule has 1 amide bonds. The number of hydrogen-bond acceptors (Lipinski definition) is 3. The Morgan fingerprint density at radius 2 is 2.27 bits per heavy atom. The Hall–Kier alpha value is -2.00. The highest BCUT2D eigenvalue weighted by Crippen LogP contribution is 2.33. The number of halogens is 1. The van der Waals surface area contributed by atoms with Crippen molar-refractivity contribution in [2.75, 3.05) is 11.9 Å². The summed E-state index contributed by atoms with van der Waals surface area (Å²) < 4.78 is 13.5. The van der Waals surface area contributed by atoms with Crippen molar-refractivity contribution >= 4 is 23.4 Å². The second-order valence-corrected chi connectivity index (χ2v) is 3.27. The number of carbonyl (C=O) groups excluding carboxylic acids is 2. The Morgan fingerprint density at radius 1 is 1.53 bits per heavy atom. The van der Waals surface area contributed by atoms with Gasteiger partial charge in [0.2, 0.25) is 12.0 Å². The molecule has 0 fully saturated rings. The van der Waals surface area contributed by atoms with Crippen molar-refractivity contribution in [1.29, 1.82) is 0 Å². The number of fused-ring (bicyclic) bond motifs is 1. The van der Waals surface area contributed by atoms with E-state index >= 15 is 0 Å². The van der Waals surface area contributed by atoms with Gasteiger partial charge in [-0.15, -0.1) is 0 Å². The van der Waals surface area contributed by atoms with Crippen LogP contribution < -0.4 is 4.90 Å². The first kappa shape index (κ1) is 9.55. The Morgan fingerprint density at radius 3 is 2.93 bits per heavy atom. The van der Waals surface area contributed by atoms with Gasteiger partial charge < -0.3 is 4.90 Å². The number of amides is 1. The molecule has 0 spiro atoms. The van der Waals surface area contributed by atoms with Crippen molar-refractivity contribution in [3.63, 3.8) is 0 Å². The zero-order chi connectivity index (χ0) is 11.0. The van der Waals surface area contributed by atoms with E-state index in [2.05, 4.69) is 4.99 Å². The van der Waals surface area contributed by atoms with Crippen LogP contribution in [-0.4, -0.2) is 19.0 Å². The molecular formula is C10H7FN2O2. The lowest BCUT2D eigenvalue weighted by atomic mass is 10.1. The summed E-state index contributed by atoms with van der Waals surface area (Å²) in [5, 5.41) is 0. The number of rotatable bonds is 1. The van der Waals surface area contributed by atoms with Crippen LogP contribution in [0.3, 0.4) is 0 Å². The van der Waals surface area contributed by atoms with Crippen molar-refractivity contribution in [3.8, 4) is 0 Å². The highest BCUT2D eigenvalue weighted by Gasteiger charge is 2.27. The van der Waals surface area contributed by atoms with Gasteiger partial charge in [-0.3, -0.25) is 4.79 Å². The molecule has 1 heterocycles. The van der Waals surface area contributed by atoms with E-state index in [1.165, 1.54) is 24.1 Å². The van der Waals surface area contributed by atoms with Crippen LogP contribution in [0, 0.1) is 5.82 Å². The zero-order valence-corrected chi connectivity index (χ0v) is 7.95. The molecular weight excluding hydrogens is 199 g/mol. The summed E-state index contributed by atoms with van der Waals surface area (Å²) in [5.41, 5.74) is 1.01. The third-order valence-electron chi connectivity index (χ3n) is 2.35. The van der Waals surface area contributed by atoms with Crippen LogP contribution >= 0.6 is 0 Å². The second kappa shape index (κ2) is 3.29. The Balaban J connectivity index is 2.60. The van der Waals surface area contributed by atoms with Gasteiger partial charge in [0, 0.05) is 13.1 Å². The number of likely N-dealkylation sites (N-methyl/N-ethyl adjacent to an activating group) is 1. The number of aliphatic imine (C=N–C) groups is 1. The average Bonchev–Trinajstić information content (AvgIpc) is 2.43. The van der Waals surface area contributed by atoms with Crippen LogP contribution in [-0.2, 0) is 16.0 Å². The normalized spacial score (nSPS) is 13.7. The molecule has 1 aliphatic rings. The topological polar surface area (TPSA) is 49.7 Å². The Labute approximate surface area is 85.0 Å². The van der Waals surface area contributed by atoms with E-state index in [1.807, 2.05) is 0 Å². The first-order valence-corrected chi connectivity index (χ1v) is 4.30. The maximum Gasteiger partial charge on any atom is 0.240 e. The molecule has 0 saturated carbocycles. The molecule has 76 valence electrons. The number of benzene rings is 1. The second-order valence-electron chi connectivity index (χ2n) is 3.27. The van der Waals surface area contributed by atoms with E-state index < -0.39 is 5.82 Å². The van der Waals surface area contributed by atoms with E-state index in [9.17, 15) is 14.0 Å². The third kappa shape index (κ3) is 1.43. The lowest BCUT2D eigenvalue weighted by molar-refractivity contribution is -0.117. The fourth-order valence-electron chi connectivity index (χ4n) is 1.67. The van der Waals surface area contributed by atoms with Gasteiger partial charge in [0.05, 0.1) is 17.8 Å². The van der Waals surface area contributed by atoms with Gasteiger partial charge in [-0.1, -0.05) is 0 Å². The SMILES string of the molecule is CN1C(=O)Cc2cc(N=C=O)cc(F)c21. The van der Waals surface area contributed by atoms with Crippen LogP contribution in [0.2, 0.25) is 0 Å². The van der Waals surface area contributed by atoms with Crippen LogP contribution in [0.5, 0.6) is 0 Å². The number of isocyanates is 1. The summed E-state index contributed by atoms with van der Waals surface area (Å²) in [6.07, 6.45) is 1.48. The van der Waals surface area contributed by atoms with Gasteiger partial charge in [-0.25, -0.2) is 9.18 Å². The highest BCUT2D eigenvalue weighted by molar-refractivity contribution is 6.01. The molecule has 4 nitrogen and oxygen atoms in total. The van der Waals surface area contributed by atoms with Gasteiger partial charge in [0.25, 0.3) is 0 Å². The summed E-state index contributed by atoms with van der Waals surface area (Å²) in [7, 11) is 1.51. The quantitative estimate of drug-likeness (QED) is 0.513. The van der Waals surface area contributed by atoms with Crippen LogP contribution in [0.1, 0.15) is 5.56 Å². The molecule has 1 aromatic carbocycles. The fourth-order valence-corrected chi connectivity index (χ4v) is 1.67. The molecule has 0 saturated heterocycles. The number of carbonyl (C=O) groups is 1. The van der Waals surface area contributed by atoms with Crippen molar-refractivity contribution in [1.82, 2.24) is 0 Å². The molecule has 0 unspecified atom stereocenters. The largest absolute Gasteiger partial charge is 0.312 e.